The van der Waals surface area contributed by atoms with E-state index in [0.29, 0.717) is 22.9 Å². The molecule has 1 aromatic heterocycles. The fraction of sp³-hybridized carbons (Fsp3) is 0.136. The molecule has 28 heavy (non-hydrogen) atoms. The summed E-state index contributed by atoms with van der Waals surface area (Å²) in [5, 5.41) is 7.96. The van der Waals surface area contributed by atoms with Crippen molar-refractivity contribution in [1.29, 1.82) is 0 Å². The Morgan fingerprint density at radius 1 is 0.929 bits per heavy atom. The highest BCUT2D eigenvalue weighted by atomic mass is 16.5. The third-order valence-electron chi connectivity index (χ3n) is 4.49. The molecule has 0 unspecified atom stereocenters. The number of nitrogens with one attached hydrogen (secondary N) is 2. The molecule has 0 aliphatic rings. The van der Waals surface area contributed by atoms with Gasteiger partial charge in [-0.2, -0.15) is 0 Å². The van der Waals surface area contributed by atoms with Gasteiger partial charge in [0.25, 0.3) is 0 Å². The number of benzene rings is 3. The molecule has 0 spiro atoms. The van der Waals surface area contributed by atoms with Crippen LogP contribution in [0.5, 0.6) is 11.5 Å². The van der Waals surface area contributed by atoms with Crippen molar-refractivity contribution in [3.8, 4) is 11.5 Å². The second kappa shape index (κ2) is 7.52. The Hall–Kier alpha value is -3.67. The topological polar surface area (TPSA) is 72.7 Å². The van der Waals surface area contributed by atoms with E-state index < -0.39 is 0 Å². The van der Waals surface area contributed by atoms with Crippen LogP contribution in [0.3, 0.4) is 0 Å². The molecule has 142 valence electrons. The number of hydrogen-bond donors (Lipinski definition) is 2. The molecule has 0 aliphatic carbocycles. The molecule has 6 nitrogen and oxygen atoms in total. The van der Waals surface area contributed by atoms with Gasteiger partial charge in [-0.1, -0.05) is 24.3 Å². The van der Waals surface area contributed by atoms with Gasteiger partial charge in [-0.3, -0.25) is 4.79 Å². The average molecular weight is 376 g/mol. The van der Waals surface area contributed by atoms with Crippen LogP contribution in [0, 0.1) is 0 Å². The molecule has 1 heterocycles. The first-order valence-electron chi connectivity index (χ1n) is 8.85. The van der Waals surface area contributed by atoms with Gasteiger partial charge in [0.2, 0.25) is 5.91 Å². The number of ether oxygens (including phenoxy) is 2. The van der Waals surface area contributed by atoms with Crippen LogP contribution in [-0.4, -0.2) is 26.7 Å². The molecule has 2 N–H and O–H groups in total. The van der Waals surface area contributed by atoms with E-state index >= 15 is 0 Å². The van der Waals surface area contributed by atoms with E-state index in [2.05, 4.69) is 10.6 Å². The predicted octanol–water partition coefficient (Wildman–Crippen LogP) is 4.65. The lowest BCUT2D eigenvalue weighted by molar-refractivity contribution is -0.114. The molecule has 0 bridgehead atoms. The maximum absolute atomic E-state index is 12.3. The van der Waals surface area contributed by atoms with Crippen molar-refractivity contribution in [3.05, 3.63) is 60.7 Å². The number of carbonyl (C=O) groups excluding carboxylic acids is 1. The van der Waals surface area contributed by atoms with E-state index in [1.54, 1.807) is 20.3 Å². The summed E-state index contributed by atoms with van der Waals surface area (Å²) in [4.78, 5) is 12.3. The number of methoxy groups -OCH3 is 2. The van der Waals surface area contributed by atoms with Crippen LogP contribution in [0.15, 0.2) is 65.1 Å². The molecule has 3 aromatic carbocycles. The molecule has 0 aliphatic heterocycles. The van der Waals surface area contributed by atoms with Gasteiger partial charge in [-0.15, -0.1) is 0 Å². The van der Waals surface area contributed by atoms with Crippen LogP contribution in [0.4, 0.5) is 11.4 Å². The highest BCUT2D eigenvalue weighted by Crippen LogP contribution is 2.36. The van der Waals surface area contributed by atoms with Gasteiger partial charge in [0.05, 0.1) is 26.5 Å². The molecule has 0 saturated carbocycles. The lowest BCUT2D eigenvalue weighted by atomic mass is 10.1. The number of hydrogen-bond acceptors (Lipinski definition) is 5. The Morgan fingerprint density at radius 2 is 1.79 bits per heavy atom. The van der Waals surface area contributed by atoms with Crippen LogP contribution < -0.4 is 20.1 Å². The number of para-hydroxylation sites is 1. The summed E-state index contributed by atoms with van der Waals surface area (Å²) in [6.07, 6.45) is 0. The van der Waals surface area contributed by atoms with Crippen LogP contribution in [-0.2, 0) is 4.79 Å². The molecule has 4 aromatic rings. The summed E-state index contributed by atoms with van der Waals surface area (Å²) in [6.45, 7) is 0.0826. The van der Waals surface area contributed by atoms with Crippen molar-refractivity contribution in [3.63, 3.8) is 0 Å². The summed E-state index contributed by atoms with van der Waals surface area (Å²) in [5.74, 6) is 1.15. The van der Waals surface area contributed by atoms with Crippen molar-refractivity contribution in [2.75, 3.05) is 31.4 Å². The van der Waals surface area contributed by atoms with Gasteiger partial charge in [0.1, 0.15) is 22.7 Å². The number of furan rings is 1. The minimum Gasteiger partial charge on any atom is -0.497 e. The van der Waals surface area contributed by atoms with E-state index in [1.165, 1.54) is 0 Å². The molecular formula is C22H20N2O4. The Labute approximate surface area is 162 Å². The van der Waals surface area contributed by atoms with E-state index in [-0.39, 0.29) is 12.5 Å². The third kappa shape index (κ3) is 3.44. The molecule has 4 rings (SSSR count). The smallest absolute Gasteiger partial charge is 0.243 e. The zero-order valence-corrected chi connectivity index (χ0v) is 15.6. The van der Waals surface area contributed by atoms with Gasteiger partial charge in [0, 0.05) is 28.6 Å². The molecule has 0 radical (unpaired) electrons. The minimum absolute atomic E-state index is 0.0826. The summed E-state index contributed by atoms with van der Waals surface area (Å²) in [5.41, 5.74) is 2.91. The van der Waals surface area contributed by atoms with Gasteiger partial charge in [-0.05, 0) is 24.3 Å². The maximum Gasteiger partial charge on any atom is 0.243 e. The number of rotatable bonds is 6. The Morgan fingerprint density at radius 3 is 2.61 bits per heavy atom. The molecule has 0 saturated heterocycles. The molecule has 0 fully saturated rings. The number of amides is 1. The minimum atomic E-state index is -0.181. The van der Waals surface area contributed by atoms with Crippen molar-refractivity contribution < 1.29 is 18.7 Å². The molecular weight excluding hydrogens is 356 g/mol. The molecule has 1 amide bonds. The average Bonchev–Trinajstić information content (AvgIpc) is 3.09. The lowest BCUT2D eigenvalue weighted by Gasteiger charge is -2.12. The Kier molecular flexibility index (Phi) is 4.76. The quantitative estimate of drug-likeness (QED) is 0.512. The Bertz CT molecular complexity index is 1150. The highest BCUT2D eigenvalue weighted by molar-refractivity contribution is 6.06. The largest absolute Gasteiger partial charge is 0.497 e. The zero-order chi connectivity index (χ0) is 19.5. The van der Waals surface area contributed by atoms with Gasteiger partial charge in [-0.25, -0.2) is 0 Å². The summed E-state index contributed by atoms with van der Waals surface area (Å²) >= 11 is 0. The fourth-order valence-electron chi connectivity index (χ4n) is 3.14. The molecule has 0 atom stereocenters. The first-order valence-corrected chi connectivity index (χ1v) is 8.85. The standard InChI is InChI=1S/C22H20N2O4/c1-26-15-7-5-6-14(10-15)24-22(25)13-23-18-12-20-17(11-21(18)27-2)16-8-3-4-9-19(16)28-20/h3-12,23H,13H2,1-2H3,(H,24,25). The summed E-state index contributed by atoms with van der Waals surface area (Å²) in [6, 6.07) is 18.8. The van der Waals surface area contributed by atoms with Gasteiger partial charge >= 0.3 is 0 Å². The van der Waals surface area contributed by atoms with E-state index in [9.17, 15) is 4.79 Å². The predicted molar refractivity (Wildman–Crippen MR) is 110 cm³/mol. The number of carbonyl (C=O) groups is 1. The maximum atomic E-state index is 12.3. The van der Waals surface area contributed by atoms with Crippen molar-refractivity contribution in [2.45, 2.75) is 0 Å². The highest BCUT2D eigenvalue weighted by Gasteiger charge is 2.13. The first-order chi connectivity index (χ1) is 13.7. The fourth-order valence-corrected chi connectivity index (χ4v) is 3.14. The Balaban J connectivity index is 1.53. The number of fused-ring (bicyclic) bond motifs is 3. The third-order valence-corrected chi connectivity index (χ3v) is 4.49. The van der Waals surface area contributed by atoms with Crippen LogP contribution in [0.25, 0.3) is 21.9 Å². The van der Waals surface area contributed by atoms with Crippen LogP contribution in [0.2, 0.25) is 0 Å². The summed E-state index contributed by atoms with van der Waals surface area (Å²) < 4.78 is 16.6. The normalized spacial score (nSPS) is 10.8. The molecule has 6 heteroatoms. The first kappa shape index (κ1) is 17.7. The van der Waals surface area contributed by atoms with Crippen LogP contribution in [0.1, 0.15) is 0 Å². The second-order valence-electron chi connectivity index (χ2n) is 6.28. The van der Waals surface area contributed by atoms with E-state index in [1.807, 2.05) is 54.6 Å². The van der Waals surface area contributed by atoms with Crippen molar-refractivity contribution >= 4 is 39.2 Å². The second-order valence-corrected chi connectivity index (χ2v) is 6.28. The van der Waals surface area contributed by atoms with Crippen molar-refractivity contribution in [1.82, 2.24) is 0 Å². The van der Waals surface area contributed by atoms with E-state index in [4.69, 9.17) is 13.9 Å². The zero-order valence-electron chi connectivity index (χ0n) is 15.6. The monoisotopic (exact) mass is 376 g/mol. The van der Waals surface area contributed by atoms with Gasteiger partial charge < -0.3 is 24.5 Å². The summed E-state index contributed by atoms with van der Waals surface area (Å²) in [7, 11) is 3.19. The van der Waals surface area contributed by atoms with Crippen molar-refractivity contribution in [2.24, 2.45) is 0 Å². The SMILES string of the molecule is COc1cccc(NC(=O)CNc2cc3oc4ccccc4c3cc2OC)c1. The lowest BCUT2D eigenvalue weighted by Crippen LogP contribution is -2.21. The van der Waals surface area contributed by atoms with Gasteiger partial charge in [0.15, 0.2) is 0 Å². The van der Waals surface area contributed by atoms with E-state index in [0.717, 1.165) is 21.9 Å². The number of anilines is 2. The van der Waals surface area contributed by atoms with Crippen LogP contribution >= 0.6 is 0 Å².